The molecule has 0 saturated carbocycles. The van der Waals surface area contributed by atoms with Crippen LogP contribution in [0.15, 0.2) is 94.2 Å². The van der Waals surface area contributed by atoms with Gasteiger partial charge in [-0.15, -0.1) is 0 Å². The molecule has 1 aliphatic heterocycles. The van der Waals surface area contributed by atoms with Crippen molar-refractivity contribution in [1.29, 1.82) is 0 Å². The fourth-order valence-corrected chi connectivity index (χ4v) is 5.84. The highest BCUT2D eigenvalue weighted by Gasteiger charge is 2.32. The number of aromatic nitrogens is 1. The fourth-order valence-electron chi connectivity index (χ4n) is 4.84. The summed E-state index contributed by atoms with van der Waals surface area (Å²) in [6, 6.07) is 26.4. The van der Waals surface area contributed by atoms with E-state index >= 15 is 0 Å². The molecule has 0 N–H and O–H groups in total. The van der Waals surface area contributed by atoms with Crippen LogP contribution in [0.5, 0.6) is 5.75 Å². The molecular weight excluding hydrogens is 428 g/mol. The highest BCUT2D eigenvalue weighted by molar-refractivity contribution is 7.07. The van der Waals surface area contributed by atoms with Crippen LogP contribution < -0.4 is 19.6 Å². The van der Waals surface area contributed by atoms with Crippen LogP contribution >= 0.6 is 11.3 Å². The van der Waals surface area contributed by atoms with Crippen LogP contribution in [-0.4, -0.2) is 11.7 Å². The Morgan fingerprint density at radius 2 is 1.82 bits per heavy atom. The first-order valence-electron chi connectivity index (χ1n) is 11.0. The number of methoxy groups -OCH3 is 1. The van der Waals surface area contributed by atoms with E-state index in [0.717, 1.165) is 40.2 Å². The Labute approximate surface area is 195 Å². The normalized spacial score (nSPS) is 17.1. The van der Waals surface area contributed by atoms with Crippen molar-refractivity contribution in [2.24, 2.45) is 4.99 Å². The van der Waals surface area contributed by atoms with Gasteiger partial charge >= 0.3 is 0 Å². The zero-order valence-corrected chi connectivity index (χ0v) is 19.0. The smallest absolute Gasteiger partial charge is 0.271 e. The topological polar surface area (TPSA) is 43.6 Å². The molecule has 4 aromatic rings. The van der Waals surface area contributed by atoms with Crippen molar-refractivity contribution in [1.82, 2.24) is 4.57 Å². The highest BCUT2D eigenvalue weighted by Crippen LogP contribution is 2.41. The van der Waals surface area contributed by atoms with Crippen LogP contribution in [0, 0.1) is 0 Å². The number of thiazole rings is 1. The Morgan fingerprint density at radius 3 is 2.67 bits per heavy atom. The largest absolute Gasteiger partial charge is 0.497 e. The molecule has 0 radical (unpaired) electrons. The molecule has 1 atom stereocenters. The van der Waals surface area contributed by atoms with Crippen LogP contribution in [0.2, 0.25) is 0 Å². The van der Waals surface area contributed by atoms with Gasteiger partial charge in [-0.2, -0.15) is 0 Å². The summed E-state index contributed by atoms with van der Waals surface area (Å²) < 4.78 is 7.92. The van der Waals surface area contributed by atoms with Gasteiger partial charge in [0, 0.05) is 5.56 Å². The third-order valence-electron chi connectivity index (χ3n) is 6.38. The molecule has 6 rings (SSSR count). The molecule has 1 aliphatic carbocycles. The van der Waals surface area contributed by atoms with E-state index in [2.05, 4.69) is 36.4 Å². The van der Waals surface area contributed by atoms with E-state index < -0.39 is 0 Å². The second-order valence-corrected chi connectivity index (χ2v) is 9.31. The maximum absolute atomic E-state index is 13.7. The van der Waals surface area contributed by atoms with E-state index in [1.807, 2.05) is 53.1 Å². The Kier molecular flexibility index (Phi) is 4.84. The Balaban J connectivity index is 1.61. The molecule has 162 valence electrons. The first-order chi connectivity index (χ1) is 16.2. The third-order valence-corrected chi connectivity index (χ3v) is 7.36. The number of nitrogens with zero attached hydrogens (tertiary/aromatic N) is 2. The van der Waals surface area contributed by atoms with Crippen molar-refractivity contribution < 1.29 is 4.74 Å². The third kappa shape index (κ3) is 3.36. The van der Waals surface area contributed by atoms with Gasteiger partial charge in [0.25, 0.3) is 5.56 Å². The number of benzene rings is 3. The van der Waals surface area contributed by atoms with Crippen molar-refractivity contribution in [3.05, 3.63) is 126 Å². The maximum Gasteiger partial charge on any atom is 0.271 e. The lowest BCUT2D eigenvalue weighted by atomic mass is 9.83. The summed E-state index contributed by atoms with van der Waals surface area (Å²) in [7, 11) is 1.65. The predicted molar refractivity (Wildman–Crippen MR) is 132 cm³/mol. The van der Waals surface area contributed by atoms with Crippen LogP contribution in [0.4, 0.5) is 0 Å². The lowest BCUT2D eigenvalue weighted by molar-refractivity contribution is 0.414. The van der Waals surface area contributed by atoms with E-state index in [1.54, 1.807) is 7.11 Å². The Hall–Kier alpha value is -3.70. The summed E-state index contributed by atoms with van der Waals surface area (Å²) in [6.07, 6.45) is 3.79. The lowest BCUT2D eigenvalue weighted by Gasteiger charge is -2.30. The van der Waals surface area contributed by atoms with Gasteiger partial charge in [0.1, 0.15) is 5.75 Å². The molecule has 0 spiro atoms. The Morgan fingerprint density at radius 1 is 1.00 bits per heavy atom. The molecule has 0 unspecified atom stereocenters. The van der Waals surface area contributed by atoms with Crippen molar-refractivity contribution in [3.8, 4) is 5.75 Å². The Bertz CT molecular complexity index is 1580. The molecule has 5 heteroatoms. The van der Waals surface area contributed by atoms with Crippen LogP contribution in [-0.2, 0) is 6.42 Å². The summed E-state index contributed by atoms with van der Waals surface area (Å²) >= 11 is 1.45. The van der Waals surface area contributed by atoms with Gasteiger partial charge in [-0.3, -0.25) is 9.36 Å². The predicted octanol–water partition coefficient (Wildman–Crippen LogP) is 4.33. The molecule has 0 bridgehead atoms. The van der Waals surface area contributed by atoms with E-state index in [9.17, 15) is 4.79 Å². The van der Waals surface area contributed by atoms with E-state index in [4.69, 9.17) is 9.73 Å². The number of hydrogen-bond acceptors (Lipinski definition) is 4. The molecule has 2 heterocycles. The minimum absolute atomic E-state index is 0.000770. The summed E-state index contributed by atoms with van der Waals surface area (Å²) in [5.41, 5.74) is 6.81. The van der Waals surface area contributed by atoms with Gasteiger partial charge in [0.2, 0.25) is 0 Å². The van der Waals surface area contributed by atoms with Gasteiger partial charge in [-0.05, 0) is 53.3 Å². The summed E-state index contributed by atoms with van der Waals surface area (Å²) in [4.78, 5) is 19.5. The summed E-state index contributed by atoms with van der Waals surface area (Å²) in [5, 5.41) is 0. The summed E-state index contributed by atoms with van der Waals surface area (Å²) in [6.45, 7) is 0. The second-order valence-electron chi connectivity index (χ2n) is 8.30. The van der Waals surface area contributed by atoms with Gasteiger partial charge in [-0.25, -0.2) is 4.99 Å². The van der Waals surface area contributed by atoms with Gasteiger partial charge in [0.15, 0.2) is 4.80 Å². The van der Waals surface area contributed by atoms with Gasteiger partial charge in [-0.1, -0.05) is 78.1 Å². The van der Waals surface area contributed by atoms with Crippen molar-refractivity contribution in [2.75, 3.05) is 7.11 Å². The molecule has 3 aromatic carbocycles. The number of fused-ring (bicyclic) bond motifs is 3. The minimum Gasteiger partial charge on any atom is -0.497 e. The van der Waals surface area contributed by atoms with Gasteiger partial charge < -0.3 is 4.74 Å². The van der Waals surface area contributed by atoms with Crippen molar-refractivity contribution >= 4 is 23.1 Å². The van der Waals surface area contributed by atoms with Crippen molar-refractivity contribution in [3.63, 3.8) is 0 Å². The maximum atomic E-state index is 13.7. The molecule has 33 heavy (non-hydrogen) atoms. The average Bonchev–Trinajstić information content (AvgIpc) is 3.17. The molecule has 0 saturated heterocycles. The SMILES string of the molecule is COc1cccc(/C=c2\sc3n(c2=O)[C@@H](c2ccccc2)C2=C(N=3)c3ccccc3CC2)c1. The molecule has 1 aromatic heterocycles. The number of ether oxygens (including phenoxy) is 1. The van der Waals surface area contributed by atoms with E-state index in [1.165, 1.54) is 28.0 Å². The highest BCUT2D eigenvalue weighted by atomic mass is 32.1. The number of allylic oxidation sites excluding steroid dienone is 1. The van der Waals surface area contributed by atoms with Gasteiger partial charge in [0.05, 0.1) is 23.4 Å². The summed E-state index contributed by atoms with van der Waals surface area (Å²) in [5.74, 6) is 0.769. The van der Waals surface area contributed by atoms with E-state index in [0.29, 0.717) is 4.53 Å². The number of rotatable bonds is 3. The number of hydrogen-bond donors (Lipinski definition) is 0. The minimum atomic E-state index is -0.140. The van der Waals surface area contributed by atoms with E-state index in [-0.39, 0.29) is 11.6 Å². The molecule has 4 nitrogen and oxygen atoms in total. The van der Waals surface area contributed by atoms with Crippen LogP contribution in [0.25, 0.3) is 11.8 Å². The quantitative estimate of drug-likeness (QED) is 0.466. The second kappa shape index (κ2) is 8.01. The average molecular weight is 451 g/mol. The first kappa shape index (κ1) is 19.9. The van der Waals surface area contributed by atoms with Crippen LogP contribution in [0.1, 0.15) is 34.7 Å². The lowest BCUT2D eigenvalue weighted by Crippen LogP contribution is -2.38. The monoisotopic (exact) mass is 450 g/mol. The molecule has 0 fully saturated rings. The number of aryl methyl sites for hydroxylation is 1. The molecule has 0 amide bonds. The molecule has 2 aliphatic rings. The van der Waals surface area contributed by atoms with Crippen molar-refractivity contribution in [2.45, 2.75) is 18.9 Å². The zero-order valence-electron chi connectivity index (χ0n) is 18.2. The van der Waals surface area contributed by atoms with Crippen LogP contribution in [0.3, 0.4) is 0 Å². The standard InChI is InChI=1S/C28H22N2O2S/c1-32-21-12-7-8-18(16-21)17-24-27(31)30-26(20-10-3-2-4-11-20)23-15-14-19-9-5-6-13-22(19)25(23)29-28(30)33-24/h2-13,16-17,26H,14-15H2,1H3/b24-17-/t26-/m0/s1. The zero-order chi connectivity index (χ0) is 22.4. The first-order valence-corrected chi connectivity index (χ1v) is 11.9. The fraction of sp³-hybridized carbons (Fsp3) is 0.143. The molecular formula is C28H22N2O2S.